The molecule has 0 amide bonds. The monoisotopic (exact) mass is 310 g/mol. The lowest BCUT2D eigenvalue weighted by molar-refractivity contribution is -0.384. The second-order valence-corrected chi connectivity index (χ2v) is 4.69. The molecule has 23 heavy (non-hydrogen) atoms. The van der Waals surface area contributed by atoms with Crippen LogP contribution in [0.2, 0.25) is 0 Å². The number of hydrogen-bond donors (Lipinski definition) is 1. The molecule has 1 aromatic heterocycles. The average Bonchev–Trinajstić information content (AvgIpc) is 3.04. The number of aromatic nitrogens is 3. The quantitative estimate of drug-likeness (QED) is 0.585. The summed E-state index contributed by atoms with van der Waals surface area (Å²) in [5.41, 5.74) is 1.66. The molecule has 0 bridgehead atoms. The summed E-state index contributed by atoms with van der Waals surface area (Å²) in [6.45, 7) is 0. The molecule has 0 aliphatic heterocycles. The third-order valence-corrected chi connectivity index (χ3v) is 3.24. The molecule has 0 aliphatic carbocycles. The summed E-state index contributed by atoms with van der Waals surface area (Å²) in [4.78, 5) is 21.5. The maximum Gasteiger partial charge on any atom is 0.335 e. The number of hydrogen-bond acceptors (Lipinski definition) is 5. The Hall–Kier alpha value is -3.55. The first-order valence-corrected chi connectivity index (χ1v) is 6.55. The summed E-state index contributed by atoms with van der Waals surface area (Å²) in [6.07, 6.45) is 1.46. The summed E-state index contributed by atoms with van der Waals surface area (Å²) < 4.78 is 1.44. The van der Waals surface area contributed by atoms with Gasteiger partial charge in [-0.3, -0.25) is 10.1 Å². The SMILES string of the molecule is O=C(O)c1cccc(-n2nncc2-c2cccc([N+](=O)[O-])c2)c1. The molecule has 3 rings (SSSR count). The summed E-state index contributed by atoms with van der Waals surface area (Å²) >= 11 is 0. The highest BCUT2D eigenvalue weighted by molar-refractivity contribution is 5.88. The minimum atomic E-state index is -1.05. The molecule has 0 aliphatic rings. The van der Waals surface area contributed by atoms with E-state index in [1.165, 1.54) is 35.1 Å². The number of nitro groups is 1. The number of carboxylic acids is 1. The summed E-state index contributed by atoms with van der Waals surface area (Å²) in [5.74, 6) is -1.05. The van der Waals surface area contributed by atoms with Gasteiger partial charge in [-0.15, -0.1) is 5.10 Å². The molecule has 0 saturated heterocycles. The van der Waals surface area contributed by atoms with E-state index in [1.54, 1.807) is 24.3 Å². The molecule has 1 heterocycles. The standard InChI is InChI=1S/C15H10N4O4/c20-15(21)11-4-2-5-12(8-11)18-14(9-16-17-18)10-3-1-6-13(7-10)19(22)23/h1-9H,(H,20,21). The molecule has 8 nitrogen and oxygen atoms in total. The van der Waals surface area contributed by atoms with E-state index in [9.17, 15) is 14.9 Å². The van der Waals surface area contributed by atoms with Crippen LogP contribution in [0.15, 0.2) is 54.7 Å². The highest BCUT2D eigenvalue weighted by atomic mass is 16.6. The molecule has 2 aromatic carbocycles. The fourth-order valence-corrected chi connectivity index (χ4v) is 2.17. The van der Waals surface area contributed by atoms with Crippen LogP contribution in [-0.2, 0) is 0 Å². The van der Waals surface area contributed by atoms with Crippen LogP contribution < -0.4 is 0 Å². The lowest BCUT2D eigenvalue weighted by Gasteiger charge is -2.07. The zero-order valence-electron chi connectivity index (χ0n) is 11.7. The van der Waals surface area contributed by atoms with Gasteiger partial charge in [0.1, 0.15) is 0 Å². The van der Waals surface area contributed by atoms with Crippen molar-refractivity contribution in [3.05, 3.63) is 70.4 Å². The first kappa shape index (κ1) is 14.4. The summed E-state index contributed by atoms with van der Waals surface area (Å²) in [7, 11) is 0. The van der Waals surface area contributed by atoms with Crippen LogP contribution in [0.1, 0.15) is 10.4 Å². The van der Waals surface area contributed by atoms with Gasteiger partial charge in [0.25, 0.3) is 5.69 Å². The zero-order valence-corrected chi connectivity index (χ0v) is 11.7. The van der Waals surface area contributed by atoms with Gasteiger partial charge in [-0.25, -0.2) is 9.48 Å². The number of nitro benzene ring substituents is 1. The van der Waals surface area contributed by atoms with E-state index in [0.29, 0.717) is 16.9 Å². The van der Waals surface area contributed by atoms with Gasteiger partial charge in [0.05, 0.1) is 28.1 Å². The number of rotatable bonds is 4. The van der Waals surface area contributed by atoms with E-state index in [0.717, 1.165) is 0 Å². The van der Waals surface area contributed by atoms with Gasteiger partial charge in [0.2, 0.25) is 0 Å². The third-order valence-electron chi connectivity index (χ3n) is 3.24. The highest BCUT2D eigenvalue weighted by Gasteiger charge is 2.13. The van der Waals surface area contributed by atoms with Gasteiger partial charge in [-0.1, -0.05) is 23.4 Å². The normalized spacial score (nSPS) is 10.4. The second kappa shape index (κ2) is 5.68. The van der Waals surface area contributed by atoms with Crippen molar-refractivity contribution >= 4 is 11.7 Å². The smallest absolute Gasteiger partial charge is 0.335 e. The summed E-state index contributed by atoms with van der Waals surface area (Å²) in [5, 5.41) is 27.7. The van der Waals surface area contributed by atoms with Crippen molar-refractivity contribution in [2.24, 2.45) is 0 Å². The van der Waals surface area contributed by atoms with Crippen molar-refractivity contribution in [2.75, 3.05) is 0 Å². The minimum absolute atomic E-state index is 0.0467. The maximum atomic E-state index is 11.1. The number of benzene rings is 2. The average molecular weight is 310 g/mol. The molecule has 0 radical (unpaired) electrons. The minimum Gasteiger partial charge on any atom is -0.478 e. The van der Waals surface area contributed by atoms with E-state index >= 15 is 0 Å². The third kappa shape index (κ3) is 2.77. The molecule has 0 spiro atoms. The van der Waals surface area contributed by atoms with E-state index in [-0.39, 0.29) is 11.3 Å². The molecule has 0 fully saturated rings. The van der Waals surface area contributed by atoms with Crippen molar-refractivity contribution in [2.45, 2.75) is 0 Å². The van der Waals surface area contributed by atoms with Crippen LogP contribution >= 0.6 is 0 Å². The van der Waals surface area contributed by atoms with Gasteiger partial charge in [0, 0.05) is 17.7 Å². The van der Waals surface area contributed by atoms with Crippen molar-refractivity contribution in [1.29, 1.82) is 0 Å². The Morgan fingerprint density at radius 3 is 2.70 bits per heavy atom. The Balaban J connectivity index is 2.10. The molecule has 1 N–H and O–H groups in total. The van der Waals surface area contributed by atoms with Gasteiger partial charge in [-0.05, 0) is 18.2 Å². The first-order chi connectivity index (χ1) is 11.1. The van der Waals surface area contributed by atoms with Crippen molar-refractivity contribution < 1.29 is 14.8 Å². The van der Waals surface area contributed by atoms with Crippen LogP contribution in [0.5, 0.6) is 0 Å². The Labute approximate surface area is 129 Å². The van der Waals surface area contributed by atoms with Crippen molar-refractivity contribution in [3.63, 3.8) is 0 Å². The molecular weight excluding hydrogens is 300 g/mol. The summed E-state index contributed by atoms with van der Waals surface area (Å²) in [6, 6.07) is 12.3. The zero-order chi connectivity index (χ0) is 16.4. The Kier molecular flexibility index (Phi) is 3.55. The maximum absolute atomic E-state index is 11.1. The molecule has 0 saturated carbocycles. The van der Waals surface area contributed by atoms with E-state index in [1.807, 2.05) is 0 Å². The van der Waals surface area contributed by atoms with Crippen LogP contribution in [0.25, 0.3) is 16.9 Å². The van der Waals surface area contributed by atoms with E-state index in [4.69, 9.17) is 5.11 Å². The number of nitrogens with zero attached hydrogens (tertiary/aromatic N) is 4. The molecular formula is C15H10N4O4. The van der Waals surface area contributed by atoms with Crippen LogP contribution in [0.4, 0.5) is 5.69 Å². The first-order valence-electron chi connectivity index (χ1n) is 6.55. The number of carbonyl (C=O) groups is 1. The van der Waals surface area contributed by atoms with Crippen molar-refractivity contribution in [1.82, 2.24) is 15.0 Å². The Morgan fingerprint density at radius 1 is 1.17 bits per heavy atom. The van der Waals surface area contributed by atoms with Crippen LogP contribution in [0, 0.1) is 10.1 Å². The van der Waals surface area contributed by atoms with E-state index in [2.05, 4.69) is 10.3 Å². The molecule has 3 aromatic rings. The molecule has 0 atom stereocenters. The van der Waals surface area contributed by atoms with Crippen LogP contribution in [0.3, 0.4) is 0 Å². The topological polar surface area (TPSA) is 111 Å². The predicted octanol–water partition coefficient (Wildman–Crippen LogP) is 2.54. The fraction of sp³-hybridized carbons (Fsp3) is 0. The van der Waals surface area contributed by atoms with Gasteiger partial charge in [0.15, 0.2) is 0 Å². The fourth-order valence-electron chi connectivity index (χ4n) is 2.17. The number of aromatic carboxylic acids is 1. The van der Waals surface area contributed by atoms with Gasteiger partial charge >= 0.3 is 5.97 Å². The largest absolute Gasteiger partial charge is 0.478 e. The lowest BCUT2D eigenvalue weighted by Crippen LogP contribution is -2.03. The molecule has 114 valence electrons. The number of non-ortho nitro benzene ring substituents is 1. The Morgan fingerprint density at radius 2 is 1.96 bits per heavy atom. The predicted molar refractivity (Wildman–Crippen MR) is 80.4 cm³/mol. The van der Waals surface area contributed by atoms with Crippen molar-refractivity contribution in [3.8, 4) is 16.9 Å². The highest BCUT2D eigenvalue weighted by Crippen LogP contribution is 2.25. The number of carboxylic acid groups (broad SMARTS) is 1. The van der Waals surface area contributed by atoms with Gasteiger partial charge in [-0.2, -0.15) is 0 Å². The second-order valence-electron chi connectivity index (χ2n) is 4.69. The molecule has 0 unspecified atom stereocenters. The molecule has 8 heteroatoms. The van der Waals surface area contributed by atoms with Crippen LogP contribution in [-0.4, -0.2) is 31.0 Å². The van der Waals surface area contributed by atoms with E-state index < -0.39 is 10.9 Å². The lowest BCUT2D eigenvalue weighted by atomic mass is 10.1. The van der Waals surface area contributed by atoms with Gasteiger partial charge < -0.3 is 5.11 Å². The Bertz CT molecular complexity index is 832.